The van der Waals surface area contributed by atoms with E-state index in [1.165, 1.54) is 16.8 Å². The summed E-state index contributed by atoms with van der Waals surface area (Å²) >= 11 is 1.62. The smallest absolute Gasteiger partial charge is 0.261 e. The molecule has 0 bridgehead atoms. The Morgan fingerprint density at radius 3 is 2.90 bits per heavy atom. The third kappa shape index (κ3) is 3.66. The van der Waals surface area contributed by atoms with E-state index in [9.17, 15) is 4.79 Å². The molecule has 0 aromatic carbocycles. The zero-order valence-electron chi connectivity index (χ0n) is 11.9. The molecule has 0 unspecified atom stereocenters. The molecule has 0 saturated carbocycles. The van der Waals surface area contributed by atoms with Gasteiger partial charge in [-0.3, -0.25) is 9.89 Å². The van der Waals surface area contributed by atoms with Crippen LogP contribution in [-0.2, 0) is 19.3 Å². The lowest BCUT2D eigenvalue weighted by Crippen LogP contribution is -2.25. The average Bonchev–Trinajstić information content (AvgIpc) is 3.08. The number of hydrogen-bond donors (Lipinski definition) is 2. The Kier molecular flexibility index (Phi) is 5.29. The normalized spacial score (nSPS) is 10.7. The lowest BCUT2D eigenvalue weighted by molar-refractivity contribution is 0.0958. The van der Waals surface area contributed by atoms with Crippen LogP contribution in [0, 0.1) is 0 Å². The van der Waals surface area contributed by atoms with Crippen LogP contribution in [0.1, 0.15) is 46.2 Å². The maximum absolute atomic E-state index is 12.1. The Bertz CT molecular complexity index is 548. The van der Waals surface area contributed by atoms with Gasteiger partial charge < -0.3 is 5.32 Å². The van der Waals surface area contributed by atoms with Gasteiger partial charge in [0.15, 0.2) is 0 Å². The van der Waals surface area contributed by atoms with E-state index >= 15 is 0 Å². The number of thiophene rings is 1. The number of rotatable bonds is 7. The van der Waals surface area contributed by atoms with Crippen LogP contribution >= 0.6 is 11.3 Å². The molecule has 0 fully saturated rings. The summed E-state index contributed by atoms with van der Waals surface area (Å²) in [7, 11) is 0. The van der Waals surface area contributed by atoms with Gasteiger partial charge in [0, 0.05) is 17.8 Å². The number of aryl methyl sites for hydroxylation is 2. The molecule has 0 aliphatic rings. The molecule has 2 aromatic heterocycles. The summed E-state index contributed by atoms with van der Waals surface area (Å²) in [4.78, 5) is 18.3. The highest BCUT2D eigenvalue weighted by atomic mass is 32.1. The van der Waals surface area contributed by atoms with Crippen LogP contribution in [0.2, 0.25) is 0 Å². The van der Waals surface area contributed by atoms with Crippen LogP contribution in [0.25, 0.3) is 0 Å². The fraction of sp³-hybridized carbons (Fsp3) is 0.500. The number of H-pyrrole nitrogens is 1. The molecule has 20 heavy (non-hydrogen) atoms. The van der Waals surface area contributed by atoms with E-state index in [4.69, 9.17) is 0 Å². The van der Waals surface area contributed by atoms with Gasteiger partial charge in [0.2, 0.25) is 0 Å². The monoisotopic (exact) mass is 292 g/mol. The average molecular weight is 292 g/mol. The van der Waals surface area contributed by atoms with Gasteiger partial charge in [-0.25, -0.2) is 4.98 Å². The van der Waals surface area contributed by atoms with Crippen molar-refractivity contribution in [1.29, 1.82) is 0 Å². The Morgan fingerprint density at radius 1 is 1.40 bits per heavy atom. The number of aromatic amines is 1. The lowest BCUT2D eigenvalue weighted by Gasteiger charge is -2.01. The zero-order chi connectivity index (χ0) is 14.4. The highest BCUT2D eigenvalue weighted by Gasteiger charge is 2.13. The SMILES string of the molecule is CCCc1sc(C(=O)NCCc2ncn[nH]2)cc1CC. The van der Waals surface area contributed by atoms with Crippen molar-refractivity contribution in [3.05, 3.63) is 33.5 Å². The Morgan fingerprint density at radius 2 is 2.25 bits per heavy atom. The summed E-state index contributed by atoms with van der Waals surface area (Å²) in [6.07, 6.45) is 5.29. The zero-order valence-corrected chi connectivity index (χ0v) is 12.7. The Balaban J connectivity index is 1.91. The molecule has 0 aliphatic heterocycles. The largest absolute Gasteiger partial charge is 0.351 e. The molecule has 5 nitrogen and oxygen atoms in total. The van der Waals surface area contributed by atoms with Crippen molar-refractivity contribution in [3.8, 4) is 0 Å². The minimum Gasteiger partial charge on any atom is -0.351 e. The van der Waals surface area contributed by atoms with Gasteiger partial charge in [-0.1, -0.05) is 20.3 Å². The molecule has 2 N–H and O–H groups in total. The van der Waals surface area contributed by atoms with Crippen molar-refractivity contribution >= 4 is 17.2 Å². The Labute approximate surface area is 122 Å². The van der Waals surface area contributed by atoms with Crippen LogP contribution < -0.4 is 5.32 Å². The first-order chi connectivity index (χ1) is 9.74. The molecule has 0 aliphatic carbocycles. The highest BCUT2D eigenvalue weighted by Crippen LogP contribution is 2.24. The molecular weight excluding hydrogens is 272 g/mol. The second-order valence-corrected chi connectivity index (χ2v) is 5.74. The van der Waals surface area contributed by atoms with E-state index in [0.29, 0.717) is 13.0 Å². The molecular formula is C14H20N4OS. The predicted molar refractivity (Wildman–Crippen MR) is 80.1 cm³/mol. The summed E-state index contributed by atoms with van der Waals surface area (Å²) in [6, 6.07) is 2.03. The number of carbonyl (C=O) groups excluding carboxylic acids is 1. The van der Waals surface area contributed by atoms with Gasteiger partial charge in [0.1, 0.15) is 12.2 Å². The van der Waals surface area contributed by atoms with Gasteiger partial charge >= 0.3 is 0 Å². The quantitative estimate of drug-likeness (QED) is 0.823. The molecule has 108 valence electrons. The van der Waals surface area contributed by atoms with Crippen molar-refractivity contribution in [1.82, 2.24) is 20.5 Å². The molecule has 0 atom stereocenters. The molecule has 6 heteroatoms. The Hall–Kier alpha value is -1.69. The topological polar surface area (TPSA) is 70.7 Å². The first-order valence-corrected chi connectivity index (χ1v) is 7.80. The first-order valence-electron chi connectivity index (χ1n) is 6.98. The summed E-state index contributed by atoms with van der Waals surface area (Å²) in [5.74, 6) is 0.795. The molecule has 2 aromatic rings. The molecule has 0 spiro atoms. The van der Waals surface area contributed by atoms with Crippen LogP contribution in [0.15, 0.2) is 12.4 Å². The molecule has 2 rings (SSSR count). The predicted octanol–water partition coefficient (Wildman–Crippen LogP) is 2.35. The molecule has 0 saturated heterocycles. The third-order valence-electron chi connectivity index (χ3n) is 3.09. The number of carbonyl (C=O) groups is 1. The van der Waals surface area contributed by atoms with Crippen molar-refractivity contribution in [3.63, 3.8) is 0 Å². The van der Waals surface area contributed by atoms with E-state index in [-0.39, 0.29) is 5.91 Å². The summed E-state index contributed by atoms with van der Waals surface area (Å²) in [5.41, 5.74) is 1.30. The third-order valence-corrected chi connectivity index (χ3v) is 4.33. The van der Waals surface area contributed by atoms with Crippen molar-refractivity contribution in [2.75, 3.05) is 6.54 Å². The van der Waals surface area contributed by atoms with Crippen LogP contribution in [0.3, 0.4) is 0 Å². The minimum absolute atomic E-state index is 0.00608. The first kappa shape index (κ1) is 14.7. The number of amides is 1. The lowest BCUT2D eigenvalue weighted by atomic mass is 10.1. The standard InChI is InChI=1S/C14H20N4OS/c1-3-5-11-10(4-2)8-12(20-11)14(19)15-7-6-13-16-9-17-18-13/h8-9H,3-7H2,1-2H3,(H,15,19)(H,16,17,18). The van der Waals surface area contributed by atoms with Crippen LogP contribution in [-0.4, -0.2) is 27.6 Å². The van der Waals surface area contributed by atoms with E-state index in [0.717, 1.165) is 30.0 Å². The number of nitrogens with one attached hydrogen (secondary N) is 2. The number of aromatic nitrogens is 3. The fourth-order valence-electron chi connectivity index (χ4n) is 2.05. The molecule has 2 heterocycles. The van der Waals surface area contributed by atoms with E-state index in [1.807, 2.05) is 6.07 Å². The van der Waals surface area contributed by atoms with Crippen molar-refractivity contribution in [2.45, 2.75) is 39.5 Å². The molecule has 0 radical (unpaired) electrons. The van der Waals surface area contributed by atoms with Gasteiger partial charge in [-0.15, -0.1) is 11.3 Å². The number of nitrogens with zero attached hydrogens (tertiary/aromatic N) is 2. The van der Waals surface area contributed by atoms with Crippen molar-refractivity contribution in [2.24, 2.45) is 0 Å². The van der Waals surface area contributed by atoms with Crippen molar-refractivity contribution < 1.29 is 4.79 Å². The van der Waals surface area contributed by atoms with Crippen LogP contribution in [0.5, 0.6) is 0 Å². The molecule has 1 amide bonds. The summed E-state index contributed by atoms with van der Waals surface area (Å²) < 4.78 is 0. The maximum Gasteiger partial charge on any atom is 0.261 e. The highest BCUT2D eigenvalue weighted by molar-refractivity contribution is 7.14. The number of hydrogen-bond acceptors (Lipinski definition) is 4. The fourth-order valence-corrected chi connectivity index (χ4v) is 3.32. The second kappa shape index (κ2) is 7.19. The van der Waals surface area contributed by atoms with E-state index in [1.54, 1.807) is 11.3 Å². The van der Waals surface area contributed by atoms with E-state index < -0.39 is 0 Å². The minimum atomic E-state index is 0.00608. The summed E-state index contributed by atoms with van der Waals surface area (Å²) in [5, 5.41) is 9.49. The van der Waals surface area contributed by atoms with Gasteiger partial charge in [-0.2, -0.15) is 5.10 Å². The van der Waals surface area contributed by atoms with Gasteiger partial charge in [0.05, 0.1) is 4.88 Å². The second-order valence-electron chi connectivity index (χ2n) is 4.60. The van der Waals surface area contributed by atoms with E-state index in [2.05, 4.69) is 34.3 Å². The maximum atomic E-state index is 12.1. The summed E-state index contributed by atoms with van der Waals surface area (Å²) in [6.45, 7) is 4.86. The van der Waals surface area contributed by atoms with Gasteiger partial charge in [-0.05, 0) is 24.5 Å². The van der Waals surface area contributed by atoms with Crippen LogP contribution in [0.4, 0.5) is 0 Å². The van der Waals surface area contributed by atoms with Gasteiger partial charge in [0.25, 0.3) is 5.91 Å².